The van der Waals surface area contributed by atoms with Crippen molar-refractivity contribution in [3.05, 3.63) is 65.7 Å². The van der Waals surface area contributed by atoms with Crippen LogP contribution in [0.5, 0.6) is 0 Å². The van der Waals surface area contributed by atoms with Crippen LogP contribution in [0, 0.1) is 0 Å². The second-order valence-electron chi connectivity index (χ2n) is 8.00. The van der Waals surface area contributed by atoms with Gasteiger partial charge in [0.1, 0.15) is 0 Å². The average Bonchev–Trinajstić information content (AvgIpc) is 2.85. The smallest absolute Gasteiger partial charge is 0.243 e. The fourth-order valence-electron chi connectivity index (χ4n) is 3.74. The molecule has 1 saturated heterocycles. The van der Waals surface area contributed by atoms with Gasteiger partial charge in [-0.2, -0.15) is 4.31 Å². The third kappa shape index (κ3) is 5.55. The Morgan fingerprint density at radius 2 is 1.62 bits per heavy atom. The number of hydrogen-bond donors (Lipinski definition) is 1. The van der Waals surface area contributed by atoms with E-state index in [1.807, 2.05) is 48.2 Å². The average molecular weight is 500 g/mol. The number of nitrogens with one attached hydrogen (secondary N) is 1. The highest BCUT2D eigenvalue weighted by atomic mass is 35.5. The van der Waals surface area contributed by atoms with Crippen LogP contribution in [0.2, 0.25) is 5.02 Å². The summed E-state index contributed by atoms with van der Waals surface area (Å²) in [4.78, 5) is 14.0. The first-order valence-corrected chi connectivity index (χ1v) is 12.9. The molecule has 1 amide bonds. The Balaban J connectivity index is 1.37. The molecule has 8 nitrogen and oxygen atoms in total. The van der Waals surface area contributed by atoms with Crippen LogP contribution in [0.1, 0.15) is 19.8 Å². The molecule has 0 atom stereocenters. The first kappa shape index (κ1) is 24.1. The van der Waals surface area contributed by atoms with Crippen LogP contribution in [-0.4, -0.2) is 55.0 Å². The SMILES string of the molecule is CCCC(=O)Nc1ccc(S(=O)(=O)N2CCN(c3ccc(-c4ccc(Cl)cc4)nn3)CC2)cc1. The lowest BCUT2D eigenvalue weighted by Gasteiger charge is -2.34. The highest BCUT2D eigenvalue weighted by Gasteiger charge is 2.29. The van der Waals surface area contributed by atoms with Crippen LogP contribution < -0.4 is 10.2 Å². The molecule has 1 N–H and O–H groups in total. The lowest BCUT2D eigenvalue weighted by Crippen LogP contribution is -2.49. The van der Waals surface area contributed by atoms with E-state index >= 15 is 0 Å². The van der Waals surface area contributed by atoms with Gasteiger partial charge in [-0.25, -0.2) is 8.42 Å². The topological polar surface area (TPSA) is 95.5 Å². The van der Waals surface area contributed by atoms with Gasteiger partial charge in [-0.1, -0.05) is 30.7 Å². The number of benzene rings is 2. The molecule has 1 fully saturated rings. The van der Waals surface area contributed by atoms with E-state index in [2.05, 4.69) is 15.5 Å². The first-order valence-electron chi connectivity index (χ1n) is 11.1. The molecule has 2 aromatic carbocycles. The Labute approximate surface area is 204 Å². The second kappa shape index (κ2) is 10.5. The lowest BCUT2D eigenvalue weighted by atomic mass is 10.1. The fraction of sp³-hybridized carbons (Fsp3) is 0.292. The van der Waals surface area contributed by atoms with Gasteiger partial charge in [0.15, 0.2) is 5.82 Å². The normalized spacial score (nSPS) is 14.7. The zero-order chi connectivity index (χ0) is 24.1. The molecular formula is C24H26ClN5O3S. The monoisotopic (exact) mass is 499 g/mol. The summed E-state index contributed by atoms with van der Waals surface area (Å²) in [6.07, 6.45) is 1.18. The van der Waals surface area contributed by atoms with Crippen LogP contribution in [0.15, 0.2) is 65.6 Å². The minimum absolute atomic E-state index is 0.0847. The second-order valence-corrected chi connectivity index (χ2v) is 10.4. The van der Waals surface area contributed by atoms with Gasteiger partial charge in [0, 0.05) is 48.9 Å². The number of sulfonamides is 1. The Morgan fingerprint density at radius 1 is 0.941 bits per heavy atom. The van der Waals surface area contributed by atoms with Crippen molar-refractivity contribution in [3.8, 4) is 11.3 Å². The predicted octanol–water partition coefficient (Wildman–Crippen LogP) is 4.05. The van der Waals surface area contributed by atoms with Crippen molar-refractivity contribution in [2.45, 2.75) is 24.7 Å². The van der Waals surface area contributed by atoms with E-state index in [1.165, 1.54) is 16.4 Å². The van der Waals surface area contributed by atoms with Crippen molar-refractivity contribution in [1.82, 2.24) is 14.5 Å². The van der Waals surface area contributed by atoms with Crippen LogP contribution in [-0.2, 0) is 14.8 Å². The van der Waals surface area contributed by atoms with Crippen LogP contribution in [0.25, 0.3) is 11.3 Å². The molecule has 0 unspecified atom stereocenters. The van der Waals surface area contributed by atoms with E-state index < -0.39 is 10.0 Å². The molecule has 0 spiro atoms. The van der Waals surface area contributed by atoms with Crippen molar-refractivity contribution >= 4 is 39.0 Å². The fourth-order valence-corrected chi connectivity index (χ4v) is 5.28. The van der Waals surface area contributed by atoms with Crippen LogP contribution in [0.3, 0.4) is 0 Å². The Hall–Kier alpha value is -3.01. The van der Waals surface area contributed by atoms with E-state index in [0.717, 1.165) is 17.7 Å². The van der Waals surface area contributed by atoms with Gasteiger partial charge in [0.2, 0.25) is 15.9 Å². The van der Waals surface area contributed by atoms with Gasteiger partial charge < -0.3 is 10.2 Å². The summed E-state index contributed by atoms with van der Waals surface area (Å²) in [5, 5.41) is 12.1. The van der Waals surface area contributed by atoms with Crippen LogP contribution >= 0.6 is 11.6 Å². The highest BCUT2D eigenvalue weighted by Crippen LogP contribution is 2.23. The predicted molar refractivity (Wildman–Crippen MR) is 133 cm³/mol. The Morgan fingerprint density at radius 3 is 2.21 bits per heavy atom. The maximum absolute atomic E-state index is 13.1. The summed E-state index contributed by atoms with van der Waals surface area (Å²) < 4.78 is 27.6. The molecule has 0 bridgehead atoms. The number of carbonyl (C=O) groups excluding carboxylic acids is 1. The van der Waals surface area contributed by atoms with E-state index in [0.29, 0.717) is 49.1 Å². The number of piperazine rings is 1. The van der Waals surface area contributed by atoms with Crippen LogP contribution in [0.4, 0.5) is 11.5 Å². The third-order valence-electron chi connectivity index (χ3n) is 5.61. The standard InChI is InChI=1S/C24H26ClN5O3S/c1-2-3-24(31)26-20-8-10-21(11-9-20)34(32,33)30-16-14-29(15-17-30)23-13-12-22(27-28-23)18-4-6-19(25)7-5-18/h4-13H,2-3,14-17H2,1H3,(H,26,31). The van der Waals surface area contributed by atoms with E-state index in [4.69, 9.17) is 11.6 Å². The lowest BCUT2D eigenvalue weighted by molar-refractivity contribution is -0.116. The summed E-state index contributed by atoms with van der Waals surface area (Å²) in [5.41, 5.74) is 2.26. The molecule has 0 radical (unpaired) electrons. The molecule has 2 heterocycles. The molecule has 4 rings (SSSR count). The van der Waals surface area contributed by atoms with Crippen molar-refractivity contribution in [2.75, 3.05) is 36.4 Å². The molecule has 0 aliphatic carbocycles. The Bertz CT molecular complexity index is 1230. The molecule has 34 heavy (non-hydrogen) atoms. The third-order valence-corrected chi connectivity index (χ3v) is 7.77. The van der Waals surface area contributed by atoms with Gasteiger partial charge in [-0.05, 0) is 55.0 Å². The largest absolute Gasteiger partial charge is 0.352 e. The number of halogens is 1. The molecule has 10 heteroatoms. The molecule has 0 saturated carbocycles. The summed E-state index contributed by atoms with van der Waals surface area (Å²) in [6, 6.07) is 17.5. The molecule has 1 aliphatic heterocycles. The maximum Gasteiger partial charge on any atom is 0.243 e. The number of hydrogen-bond acceptors (Lipinski definition) is 6. The number of amides is 1. The first-order chi connectivity index (χ1) is 16.4. The van der Waals surface area contributed by atoms with E-state index in [1.54, 1.807) is 12.1 Å². The zero-order valence-electron chi connectivity index (χ0n) is 18.8. The Kier molecular flexibility index (Phi) is 7.45. The van der Waals surface area contributed by atoms with Gasteiger partial charge in [-0.3, -0.25) is 4.79 Å². The minimum atomic E-state index is -3.62. The van der Waals surface area contributed by atoms with Gasteiger partial charge in [0.05, 0.1) is 10.6 Å². The number of carbonyl (C=O) groups is 1. The van der Waals surface area contributed by atoms with E-state index in [-0.39, 0.29) is 10.8 Å². The number of nitrogens with zero attached hydrogens (tertiary/aromatic N) is 4. The molecule has 1 aliphatic rings. The maximum atomic E-state index is 13.1. The zero-order valence-corrected chi connectivity index (χ0v) is 20.4. The number of rotatable bonds is 7. The minimum Gasteiger partial charge on any atom is -0.352 e. The molecule has 3 aromatic rings. The summed E-state index contributed by atoms with van der Waals surface area (Å²) in [7, 11) is -3.62. The van der Waals surface area contributed by atoms with Crippen molar-refractivity contribution in [2.24, 2.45) is 0 Å². The van der Waals surface area contributed by atoms with Crippen molar-refractivity contribution in [3.63, 3.8) is 0 Å². The molecule has 178 valence electrons. The van der Waals surface area contributed by atoms with Gasteiger partial charge in [0.25, 0.3) is 0 Å². The van der Waals surface area contributed by atoms with Gasteiger partial charge >= 0.3 is 0 Å². The highest BCUT2D eigenvalue weighted by molar-refractivity contribution is 7.89. The van der Waals surface area contributed by atoms with Gasteiger partial charge in [-0.15, -0.1) is 10.2 Å². The molecule has 1 aromatic heterocycles. The summed E-state index contributed by atoms with van der Waals surface area (Å²) in [6.45, 7) is 3.65. The summed E-state index contributed by atoms with van der Waals surface area (Å²) in [5.74, 6) is 0.625. The van der Waals surface area contributed by atoms with Crippen molar-refractivity contribution < 1.29 is 13.2 Å². The molecular weight excluding hydrogens is 474 g/mol. The van der Waals surface area contributed by atoms with Crippen molar-refractivity contribution in [1.29, 1.82) is 0 Å². The van der Waals surface area contributed by atoms with E-state index in [9.17, 15) is 13.2 Å². The number of aromatic nitrogens is 2. The number of anilines is 2. The quantitative estimate of drug-likeness (QED) is 0.527. The summed E-state index contributed by atoms with van der Waals surface area (Å²) >= 11 is 5.94.